The summed E-state index contributed by atoms with van der Waals surface area (Å²) in [4.78, 5) is 22.5. The van der Waals surface area contributed by atoms with Crippen LogP contribution in [-0.2, 0) is 4.79 Å². The van der Waals surface area contributed by atoms with E-state index in [0.717, 1.165) is 57.6 Å². The van der Waals surface area contributed by atoms with Gasteiger partial charge in [0.25, 0.3) is 0 Å². The third-order valence-corrected chi connectivity index (χ3v) is 6.86. The maximum atomic E-state index is 12.8. The van der Waals surface area contributed by atoms with E-state index in [2.05, 4.69) is 40.4 Å². The zero-order chi connectivity index (χ0) is 18.5. The minimum absolute atomic E-state index is 0.348. The number of hydrogen-bond donors (Lipinski definition) is 0. The molecule has 26 heavy (non-hydrogen) atoms. The number of likely N-dealkylation sites (tertiary alicyclic amines) is 2. The van der Waals surface area contributed by atoms with E-state index in [9.17, 15) is 4.79 Å². The lowest BCUT2D eigenvalue weighted by Crippen LogP contribution is -2.50. The molecule has 3 fully saturated rings. The van der Waals surface area contributed by atoms with Gasteiger partial charge < -0.3 is 9.80 Å². The summed E-state index contributed by atoms with van der Waals surface area (Å²) in [6.07, 6.45) is 6.31. The fraction of sp³-hybridized carbons (Fsp3) is 0.952. The molecule has 1 amide bonds. The van der Waals surface area contributed by atoms with Crippen LogP contribution < -0.4 is 0 Å². The van der Waals surface area contributed by atoms with Gasteiger partial charge in [-0.15, -0.1) is 0 Å². The van der Waals surface area contributed by atoms with Gasteiger partial charge in [-0.2, -0.15) is 0 Å². The van der Waals surface area contributed by atoms with E-state index in [-0.39, 0.29) is 0 Å². The Hall–Kier alpha value is -0.650. The second kappa shape index (κ2) is 9.52. The van der Waals surface area contributed by atoms with Gasteiger partial charge >= 0.3 is 0 Å². The Labute approximate surface area is 160 Å². The van der Waals surface area contributed by atoms with Crippen molar-refractivity contribution in [3.63, 3.8) is 0 Å². The second-order valence-electron chi connectivity index (χ2n) is 9.09. The molecule has 3 saturated heterocycles. The van der Waals surface area contributed by atoms with Gasteiger partial charge in [-0.3, -0.25) is 14.6 Å². The van der Waals surface area contributed by atoms with Crippen molar-refractivity contribution < 1.29 is 4.79 Å². The fourth-order valence-electron chi connectivity index (χ4n) is 4.83. The fourth-order valence-corrected chi connectivity index (χ4v) is 4.83. The molecule has 0 radical (unpaired) electrons. The standard InChI is InChI=1S/C21H40N4O/c1-18(2)23-9-4-10-25(16-15-23)21(26)17-22-11-7-20(8-12-22)24-13-5-19(3)6-14-24/h18-20H,4-17H2,1-3H3. The molecule has 0 aromatic heterocycles. The van der Waals surface area contributed by atoms with E-state index in [4.69, 9.17) is 0 Å². The summed E-state index contributed by atoms with van der Waals surface area (Å²) >= 11 is 0. The SMILES string of the molecule is CC1CCN(C2CCN(CC(=O)N3CCCN(C(C)C)CC3)CC2)CC1. The van der Waals surface area contributed by atoms with E-state index in [0.29, 0.717) is 18.5 Å². The highest BCUT2D eigenvalue weighted by atomic mass is 16.2. The van der Waals surface area contributed by atoms with Gasteiger partial charge in [0.2, 0.25) is 5.91 Å². The summed E-state index contributed by atoms with van der Waals surface area (Å²) in [7, 11) is 0. The molecule has 5 heteroatoms. The van der Waals surface area contributed by atoms with Crippen LogP contribution in [0.1, 0.15) is 52.9 Å². The molecule has 5 nitrogen and oxygen atoms in total. The zero-order valence-corrected chi connectivity index (χ0v) is 17.3. The van der Waals surface area contributed by atoms with Crippen molar-refractivity contribution >= 4 is 5.91 Å². The molecule has 3 rings (SSSR count). The van der Waals surface area contributed by atoms with Gasteiger partial charge in [0.15, 0.2) is 0 Å². The van der Waals surface area contributed by atoms with Gasteiger partial charge in [0, 0.05) is 51.4 Å². The summed E-state index contributed by atoms with van der Waals surface area (Å²) in [5, 5.41) is 0. The van der Waals surface area contributed by atoms with Crippen LogP contribution in [-0.4, -0.2) is 96.5 Å². The molecule has 0 bridgehead atoms. The highest BCUT2D eigenvalue weighted by Gasteiger charge is 2.29. The minimum Gasteiger partial charge on any atom is -0.340 e. The highest BCUT2D eigenvalue weighted by Crippen LogP contribution is 2.23. The van der Waals surface area contributed by atoms with Crippen molar-refractivity contribution in [2.24, 2.45) is 5.92 Å². The first kappa shape index (κ1) is 20.1. The van der Waals surface area contributed by atoms with Crippen LogP contribution in [0.5, 0.6) is 0 Å². The smallest absolute Gasteiger partial charge is 0.236 e. The normalized spacial score (nSPS) is 26.4. The minimum atomic E-state index is 0.348. The van der Waals surface area contributed by atoms with Gasteiger partial charge in [-0.1, -0.05) is 6.92 Å². The Morgan fingerprint density at radius 1 is 0.885 bits per heavy atom. The topological polar surface area (TPSA) is 30.0 Å². The Bertz CT molecular complexity index is 439. The van der Waals surface area contributed by atoms with Crippen LogP contribution in [0.3, 0.4) is 0 Å². The molecule has 0 aliphatic carbocycles. The molecule has 0 spiro atoms. The molecule has 150 valence electrons. The third kappa shape index (κ3) is 5.43. The molecule has 0 N–H and O–H groups in total. The lowest BCUT2D eigenvalue weighted by Gasteiger charge is -2.41. The summed E-state index contributed by atoms with van der Waals surface area (Å²) < 4.78 is 0. The second-order valence-corrected chi connectivity index (χ2v) is 9.09. The third-order valence-electron chi connectivity index (χ3n) is 6.86. The summed E-state index contributed by atoms with van der Waals surface area (Å²) in [6.45, 7) is 16.3. The molecule has 0 aromatic carbocycles. The van der Waals surface area contributed by atoms with Crippen molar-refractivity contribution in [3.8, 4) is 0 Å². The van der Waals surface area contributed by atoms with Gasteiger partial charge in [-0.05, 0) is 65.0 Å². The number of carbonyl (C=O) groups excluding carboxylic acids is 1. The van der Waals surface area contributed by atoms with Crippen LogP contribution in [0, 0.1) is 5.92 Å². The summed E-state index contributed by atoms with van der Waals surface area (Å²) in [6, 6.07) is 1.34. The number of hydrogen-bond acceptors (Lipinski definition) is 4. The predicted octanol–water partition coefficient (Wildman–Crippen LogP) is 2.13. The average molecular weight is 365 g/mol. The summed E-state index contributed by atoms with van der Waals surface area (Å²) in [5.74, 6) is 1.25. The maximum Gasteiger partial charge on any atom is 0.236 e. The Morgan fingerprint density at radius 3 is 2.23 bits per heavy atom. The van der Waals surface area contributed by atoms with Crippen LogP contribution in [0.15, 0.2) is 0 Å². The lowest BCUT2D eigenvalue weighted by molar-refractivity contribution is -0.132. The number of carbonyl (C=O) groups is 1. The molecular formula is C21H40N4O. The number of piperidine rings is 2. The number of amides is 1. The Balaban J connectivity index is 1.39. The molecule has 0 aromatic rings. The van der Waals surface area contributed by atoms with Gasteiger partial charge in [-0.25, -0.2) is 0 Å². The van der Waals surface area contributed by atoms with E-state index < -0.39 is 0 Å². The summed E-state index contributed by atoms with van der Waals surface area (Å²) in [5.41, 5.74) is 0. The van der Waals surface area contributed by atoms with Gasteiger partial charge in [0.05, 0.1) is 6.54 Å². The van der Waals surface area contributed by atoms with Crippen LogP contribution >= 0.6 is 0 Å². The first-order chi connectivity index (χ1) is 12.5. The molecule has 0 saturated carbocycles. The van der Waals surface area contributed by atoms with Crippen LogP contribution in [0.4, 0.5) is 0 Å². The van der Waals surface area contributed by atoms with Crippen molar-refractivity contribution in [1.82, 2.24) is 19.6 Å². The maximum absolute atomic E-state index is 12.8. The monoisotopic (exact) mass is 364 g/mol. The molecule has 3 aliphatic heterocycles. The first-order valence-electron chi connectivity index (χ1n) is 11.0. The molecule has 3 aliphatic rings. The Kier molecular flexibility index (Phi) is 7.35. The van der Waals surface area contributed by atoms with Crippen molar-refractivity contribution in [2.75, 3.05) is 58.9 Å². The highest BCUT2D eigenvalue weighted by molar-refractivity contribution is 5.78. The molecule has 3 heterocycles. The van der Waals surface area contributed by atoms with Crippen molar-refractivity contribution in [2.45, 2.75) is 65.0 Å². The van der Waals surface area contributed by atoms with Gasteiger partial charge in [0.1, 0.15) is 0 Å². The van der Waals surface area contributed by atoms with E-state index in [1.807, 2.05) is 0 Å². The predicted molar refractivity (Wildman–Crippen MR) is 107 cm³/mol. The molecular weight excluding hydrogens is 324 g/mol. The average Bonchev–Trinajstić information content (AvgIpc) is 2.89. The van der Waals surface area contributed by atoms with E-state index in [1.54, 1.807) is 0 Å². The lowest BCUT2D eigenvalue weighted by atomic mass is 9.95. The quantitative estimate of drug-likeness (QED) is 0.764. The van der Waals surface area contributed by atoms with Crippen LogP contribution in [0.25, 0.3) is 0 Å². The molecule has 0 unspecified atom stereocenters. The largest absolute Gasteiger partial charge is 0.340 e. The first-order valence-corrected chi connectivity index (χ1v) is 11.0. The number of rotatable bonds is 4. The number of nitrogens with zero attached hydrogens (tertiary/aromatic N) is 4. The van der Waals surface area contributed by atoms with Crippen molar-refractivity contribution in [3.05, 3.63) is 0 Å². The Morgan fingerprint density at radius 2 is 1.58 bits per heavy atom. The molecule has 0 atom stereocenters. The van der Waals surface area contributed by atoms with Crippen molar-refractivity contribution in [1.29, 1.82) is 0 Å². The van der Waals surface area contributed by atoms with E-state index >= 15 is 0 Å². The zero-order valence-electron chi connectivity index (χ0n) is 17.3. The van der Waals surface area contributed by atoms with Crippen LogP contribution in [0.2, 0.25) is 0 Å². The van der Waals surface area contributed by atoms with E-state index in [1.165, 1.54) is 38.8 Å².